The highest BCUT2D eigenvalue weighted by Crippen LogP contribution is 2.25. The fraction of sp³-hybridized carbons (Fsp3) is 0.267. The number of hydrogen-bond donors (Lipinski definition) is 3. The molecule has 1 atom stereocenters. The number of benzene rings is 1. The van der Waals surface area contributed by atoms with Crippen LogP contribution in [0.25, 0.3) is 0 Å². The van der Waals surface area contributed by atoms with Gasteiger partial charge in [0.2, 0.25) is 0 Å². The van der Waals surface area contributed by atoms with Crippen LogP contribution in [0.4, 0.5) is 0 Å². The summed E-state index contributed by atoms with van der Waals surface area (Å²) in [5, 5.41) is 4.14. The highest BCUT2D eigenvalue weighted by Gasteiger charge is 2.10. The summed E-state index contributed by atoms with van der Waals surface area (Å²) in [5.74, 6) is 0.767. The molecular weight excluding hydrogens is 337 g/mol. The van der Waals surface area contributed by atoms with Crippen molar-refractivity contribution < 1.29 is 0 Å². The number of aromatic nitrogens is 2. The molecular formula is C15H17Cl2N5O. The van der Waals surface area contributed by atoms with Gasteiger partial charge in [-0.3, -0.25) is 4.79 Å². The van der Waals surface area contributed by atoms with Gasteiger partial charge in [-0.15, -0.1) is 0 Å². The summed E-state index contributed by atoms with van der Waals surface area (Å²) in [4.78, 5) is 22.5. The van der Waals surface area contributed by atoms with E-state index in [1.807, 2.05) is 13.0 Å². The lowest BCUT2D eigenvalue weighted by molar-refractivity contribution is 0.707. The maximum Gasteiger partial charge on any atom is 0.255 e. The second-order valence-electron chi connectivity index (χ2n) is 5.06. The SMILES string of the molecule is Cc1ncc(CN=C(N)NC(C)c2ccc(Cl)cc2Cl)c(=O)[nH]1. The molecule has 4 N–H and O–H groups in total. The molecule has 0 spiro atoms. The van der Waals surface area contributed by atoms with Gasteiger partial charge < -0.3 is 16.0 Å². The van der Waals surface area contributed by atoms with Crippen molar-refractivity contribution in [3.63, 3.8) is 0 Å². The Morgan fingerprint density at radius 2 is 2.22 bits per heavy atom. The molecule has 0 aliphatic carbocycles. The number of hydrogen-bond acceptors (Lipinski definition) is 3. The molecule has 2 aromatic rings. The summed E-state index contributed by atoms with van der Waals surface area (Å²) in [7, 11) is 0. The lowest BCUT2D eigenvalue weighted by Crippen LogP contribution is -2.34. The Morgan fingerprint density at radius 3 is 2.87 bits per heavy atom. The van der Waals surface area contributed by atoms with E-state index < -0.39 is 0 Å². The molecule has 6 nitrogen and oxygen atoms in total. The van der Waals surface area contributed by atoms with E-state index in [-0.39, 0.29) is 24.1 Å². The Kier molecular flexibility index (Phi) is 5.63. The lowest BCUT2D eigenvalue weighted by atomic mass is 10.1. The molecule has 0 radical (unpaired) electrons. The fourth-order valence-corrected chi connectivity index (χ4v) is 2.56. The summed E-state index contributed by atoms with van der Waals surface area (Å²) in [6.45, 7) is 3.75. The van der Waals surface area contributed by atoms with Crippen molar-refractivity contribution in [2.24, 2.45) is 10.7 Å². The van der Waals surface area contributed by atoms with Gasteiger partial charge in [-0.25, -0.2) is 9.98 Å². The third-order valence-electron chi connectivity index (χ3n) is 3.21. The van der Waals surface area contributed by atoms with E-state index in [1.165, 1.54) is 6.20 Å². The molecule has 23 heavy (non-hydrogen) atoms. The fourth-order valence-electron chi connectivity index (χ4n) is 1.99. The zero-order valence-corrected chi connectivity index (χ0v) is 14.2. The second-order valence-corrected chi connectivity index (χ2v) is 5.90. The molecule has 0 aliphatic heterocycles. The van der Waals surface area contributed by atoms with E-state index in [9.17, 15) is 4.79 Å². The van der Waals surface area contributed by atoms with E-state index in [0.29, 0.717) is 21.4 Å². The number of H-pyrrole nitrogens is 1. The number of aliphatic imine (C=N–C) groups is 1. The van der Waals surface area contributed by atoms with Crippen molar-refractivity contribution in [1.82, 2.24) is 15.3 Å². The quantitative estimate of drug-likeness (QED) is 0.581. The average Bonchev–Trinajstić information content (AvgIpc) is 2.46. The normalized spacial score (nSPS) is 13.0. The minimum atomic E-state index is -0.220. The molecule has 0 amide bonds. The van der Waals surface area contributed by atoms with Crippen LogP contribution in [0.15, 0.2) is 34.2 Å². The number of nitrogens with two attached hydrogens (primary N) is 1. The van der Waals surface area contributed by atoms with Crippen molar-refractivity contribution in [3.05, 3.63) is 61.7 Å². The predicted molar refractivity (Wildman–Crippen MR) is 92.9 cm³/mol. The standard InChI is InChI=1S/C15H17Cl2N5O/c1-8(12-4-3-11(16)5-13(12)17)21-15(18)20-7-10-6-19-9(2)22-14(10)23/h3-6,8H,7H2,1-2H3,(H3,18,20,21)(H,19,22,23). The summed E-state index contributed by atoms with van der Waals surface area (Å²) in [5.41, 5.74) is 6.93. The van der Waals surface area contributed by atoms with Crippen LogP contribution in [0, 0.1) is 6.92 Å². The summed E-state index contributed by atoms with van der Waals surface area (Å²) in [6, 6.07) is 5.09. The first-order valence-corrected chi connectivity index (χ1v) is 7.68. The Balaban J connectivity index is 2.05. The first-order valence-electron chi connectivity index (χ1n) is 6.93. The number of halogens is 2. The van der Waals surface area contributed by atoms with Crippen LogP contribution in [0.2, 0.25) is 10.0 Å². The van der Waals surface area contributed by atoms with Gasteiger partial charge in [-0.2, -0.15) is 0 Å². The van der Waals surface area contributed by atoms with Gasteiger partial charge >= 0.3 is 0 Å². The third-order valence-corrected chi connectivity index (χ3v) is 3.78. The lowest BCUT2D eigenvalue weighted by Gasteiger charge is -2.16. The molecule has 122 valence electrons. The van der Waals surface area contributed by atoms with E-state index in [1.54, 1.807) is 19.1 Å². The Bertz CT molecular complexity index is 788. The van der Waals surface area contributed by atoms with Crippen molar-refractivity contribution in [3.8, 4) is 0 Å². The number of rotatable bonds is 4. The number of nitrogens with one attached hydrogen (secondary N) is 2. The van der Waals surface area contributed by atoms with Gasteiger partial charge in [-0.1, -0.05) is 29.3 Å². The summed E-state index contributed by atoms with van der Waals surface area (Å²) >= 11 is 12.0. The van der Waals surface area contributed by atoms with Crippen LogP contribution in [0.5, 0.6) is 0 Å². The molecule has 0 bridgehead atoms. The van der Waals surface area contributed by atoms with Crippen LogP contribution >= 0.6 is 23.2 Å². The smallest absolute Gasteiger partial charge is 0.255 e. The highest BCUT2D eigenvalue weighted by molar-refractivity contribution is 6.35. The van der Waals surface area contributed by atoms with Crippen LogP contribution in [-0.2, 0) is 6.54 Å². The molecule has 0 saturated heterocycles. The predicted octanol–water partition coefficient (Wildman–Crippen LogP) is 2.55. The minimum Gasteiger partial charge on any atom is -0.370 e. The van der Waals surface area contributed by atoms with E-state index in [4.69, 9.17) is 28.9 Å². The molecule has 1 aromatic heterocycles. The van der Waals surface area contributed by atoms with Gasteiger partial charge in [0.15, 0.2) is 5.96 Å². The van der Waals surface area contributed by atoms with E-state index in [2.05, 4.69) is 20.3 Å². The van der Waals surface area contributed by atoms with Crippen molar-refractivity contribution in [2.45, 2.75) is 26.4 Å². The Morgan fingerprint density at radius 1 is 1.48 bits per heavy atom. The zero-order chi connectivity index (χ0) is 17.0. The number of aryl methyl sites for hydroxylation is 1. The van der Waals surface area contributed by atoms with Crippen LogP contribution in [0.1, 0.15) is 29.9 Å². The topological polar surface area (TPSA) is 96.2 Å². The average molecular weight is 354 g/mol. The summed E-state index contributed by atoms with van der Waals surface area (Å²) in [6.07, 6.45) is 1.49. The summed E-state index contributed by atoms with van der Waals surface area (Å²) < 4.78 is 0. The van der Waals surface area contributed by atoms with Gasteiger partial charge in [0, 0.05) is 16.2 Å². The molecule has 0 saturated carbocycles. The monoisotopic (exact) mass is 353 g/mol. The van der Waals surface area contributed by atoms with Crippen molar-refractivity contribution >= 4 is 29.2 Å². The van der Waals surface area contributed by atoms with Crippen molar-refractivity contribution in [1.29, 1.82) is 0 Å². The molecule has 2 rings (SSSR count). The van der Waals surface area contributed by atoms with E-state index >= 15 is 0 Å². The van der Waals surface area contributed by atoms with E-state index in [0.717, 1.165) is 5.56 Å². The Labute approximate surface area is 143 Å². The highest BCUT2D eigenvalue weighted by atomic mass is 35.5. The minimum absolute atomic E-state index is 0.141. The zero-order valence-electron chi connectivity index (χ0n) is 12.7. The molecule has 1 aromatic carbocycles. The second kappa shape index (κ2) is 7.48. The molecule has 1 heterocycles. The molecule has 8 heteroatoms. The van der Waals surface area contributed by atoms with Gasteiger partial charge in [0.25, 0.3) is 5.56 Å². The Hall–Kier alpha value is -2.05. The first kappa shape index (κ1) is 17.3. The number of nitrogens with zero attached hydrogens (tertiary/aromatic N) is 2. The van der Waals surface area contributed by atoms with Crippen LogP contribution < -0.4 is 16.6 Å². The van der Waals surface area contributed by atoms with Crippen LogP contribution in [-0.4, -0.2) is 15.9 Å². The molecule has 0 aliphatic rings. The molecule has 0 fully saturated rings. The van der Waals surface area contributed by atoms with Crippen LogP contribution in [0.3, 0.4) is 0 Å². The third kappa shape index (κ3) is 4.71. The maximum atomic E-state index is 11.7. The van der Waals surface area contributed by atoms with Crippen molar-refractivity contribution in [2.75, 3.05) is 0 Å². The van der Waals surface area contributed by atoms with Gasteiger partial charge in [0.1, 0.15) is 5.82 Å². The largest absolute Gasteiger partial charge is 0.370 e. The van der Waals surface area contributed by atoms with Gasteiger partial charge in [0.05, 0.1) is 18.2 Å². The van der Waals surface area contributed by atoms with Gasteiger partial charge in [-0.05, 0) is 31.5 Å². The maximum absolute atomic E-state index is 11.7. The number of aromatic amines is 1. The number of guanidine groups is 1. The molecule has 1 unspecified atom stereocenters. The first-order chi connectivity index (χ1) is 10.9.